The van der Waals surface area contributed by atoms with Gasteiger partial charge in [0.05, 0.1) is 6.04 Å². The molecule has 27 heavy (non-hydrogen) atoms. The van der Waals surface area contributed by atoms with Gasteiger partial charge in [-0.15, -0.1) is 0 Å². The molecule has 2 fully saturated rings. The Balaban J connectivity index is 1.36. The second kappa shape index (κ2) is 9.13. The first kappa shape index (κ1) is 20.2. The average Bonchev–Trinajstić information content (AvgIpc) is 3.37. The van der Waals surface area contributed by atoms with Crippen LogP contribution >= 0.6 is 0 Å². The third kappa shape index (κ3) is 4.86. The van der Waals surface area contributed by atoms with Crippen LogP contribution < -0.4 is 5.32 Å². The molecule has 0 aromatic heterocycles. The maximum Gasteiger partial charge on any atom is 0.244 e. The van der Waals surface area contributed by atoms with Crippen LogP contribution in [0.4, 0.5) is 0 Å². The van der Waals surface area contributed by atoms with Crippen molar-refractivity contribution < 1.29 is 24.2 Å². The van der Waals surface area contributed by atoms with E-state index < -0.39 is 17.9 Å². The van der Waals surface area contributed by atoms with Crippen LogP contribution in [0.5, 0.6) is 0 Å². The van der Waals surface area contributed by atoms with Crippen molar-refractivity contribution in [1.29, 1.82) is 0 Å². The van der Waals surface area contributed by atoms with Crippen molar-refractivity contribution >= 4 is 11.7 Å². The molecule has 3 rings (SSSR count). The van der Waals surface area contributed by atoms with Gasteiger partial charge in [0.2, 0.25) is 5.91 Å². The van der Waals surface area contributed by atoms with Gasteiger partial charge in [-0.1, -0.05) is 51.5 Å². The number of carbonyl (C=O) groups is 2. The summed E-state index contributed by atoms with van der Waals surface area (Å²) in [7, 11) is 0. The zero-order valence-electron chi connectivity index (χ0n) is 16.1. The topological polar surface area (TPSA) is 88.2 Å². The Morgan fingerprint density at radius 1 is 1.30 bits per heavy atom. The molecule has 2 N–H and O–H groups in total. The first-order chi connectivity index (χ1) is 13.1. The highest BCUT2D eigenvalue weighted by Gasteiger charge is 2.65. The van der Waals surface area contributed by atoms with Crippen LogP contribution in [0.15, 0.2) is 24.3 Å². The second-order valence-electron chi connectivity index (χ2n) is 7.77. The number of hydrogen-bond donors (Lipinski definition) is 2. The first-order valence-corrected chi connectivity index (χ1v) is 10.3. The number of ether oxygens (including phenoxy) is 2. The third-order valence-electron chi connectivity index (χ3n) is 5.61. The van der Waals surface area contributed by atoms with Gasteiger partial charge in [-0.3, -0.25) is 9.59 Å². The molecule has 0 saturated carbocycles. The standard InChI is InChI=1S/C21H31NO5/c1-2-3-4-5-6-7-8-9-10-11-18(24)22-15-14-21(27-20(15)25)17(23)13-12-16-19(21)26-16/h10-13,15-16,19-20,25H,2-9,14H2,1H3,(H,22,24)/b11-10+/t15-,16+,19+,20+,21+/m0/s1. The highest BCUT2D eigenvalue weighted by Crippen LogP contribution is 2.47. The minimum absolute atomic E-state index is 0.119. The Morgan fingerprint density at radius 3 is 2.81 bits per heavy atom. The molecule has 2 aliphatic heterocycles. The number of rotatable bonds is 10. The van der Waals surface area contributed by atoms with Gasteiger partial charge < -0.3 is 19.9 Å². The van der Waals surface area contributed by atoms with E-state index >= 15 is 0 Å². The molecule has 0 unspecified atom stereocenters. The van der Waals surface area contributed by atoms with Crippen molar-refractivity contribution in [2.75, 3.05) is 0 Å². The SMILES string of the molecule is CCCCCCCCC/C=C/C(=O)N[C@H]1C[C@@]2(O[C@H]1O)C(=O)C=C[C@H]1O[C@H]12. The van der Waals surface area contributed by atoms with Gasteiger partial charge in [0.15, 0.2) is 17.7 Å². The first-order valence-electron chi connectivity index (χ1n) is 10.3. The number of nitrogens with one attached hydrogen (secondary N) is 1. The molecule has 6 nitrogen and oxygen atoms in total. The van der Waals surface area contributed by atoms with Gasteiger partial charge in [0.1, 0.15) is 12.2 Å². The Kier molecular flexibility index (Phi) is 6.84. The Hall–Kier alpha value is -1.50. The van der Waals surface area contributed by atoms with Crippen LogP contribution in [-0.2, 0) is 19.1 Å². The van der Waals surface area contributed by atoms with E-state index in [0.717, 1.165) is 12.8 Å². The Bertz CT molecular complexity index is 601. The molecule has 1 amide bonds. The summed E-state index contributed by atoms with van der Waals surface area (Å²) in [6, 6.07) is -0.610. The van der Waals surface area contributed by atoms with Gasteiger partial charge in [-0.05, 0) is 31.1 Å². The van der Waals surface area contributed by atoms with Gasteiger partial charge in [0.25, 0.3) is 0 Å². The summed E-state index contributed by atoms with van der Waals surface area (Å²) in [6.45, 7) is 2.22. The van der Waals surface area contributed by atoms with E-state index in [2.05, 4.69) is 12.2 Å². The molecule has 2 saturated heterocycles. The van der Waals surface area contributed by atoms with Crippen LogP contribution in [0.25, 0.3) is 0 Å². The number of fused-ring (bicyclic) bond motifs is 2. The molecule has 0 bridgehead atoms. The van der Waals surface area contributed by atoms with E-state index in [9.17, 15) is 14.7 Å². The lowest BCUT2D eigenvalue weighted by Crippen LogP contribution is -2.46. The van der Waals surface area contributed by atoms with E-state index in [4.69, 9.17) is 9.47 Å². The van der Waals surface area contributed by atoms with Crippen molar-refractivity contribution in [3.05, 3.63) is 24.3 Å². The second-order valence-corrected chi connectivity index (χ2v) is 7.77. The molecule has 1 spiro atoms. The Morgan fingerprint density at radius 2 is 2.04 bits per heavy atom. The number of hydrogen-bond acceptors (Lipinski definition) is 5. The fraction of sp³-hybridized carbons (Fsp3) is 0.714. The summed E-state index contributed by atoms with van der Waals surface area (Å²) in [5, 5.41) is 12.9. The lowest BCUT2D eigenvalue weighted by molar-refractivity contribution is -0.166. The van der Waals surface area contributed by atoms with Crippen molar-refractivity contribution in [3.63, 3.8) is 0 Å². The zero-order valence-corrected chi connectivity index (χ0v) is 16.1. The monoisotopic (exact) mass is 377 g/mol. The third-order valence-corrected chi connectivity index (χ3v) is 5.61. The molecule has 0 aromatic carbocycles. The number of carbonyl (C=O) groups excluding carboxylic acids is 2. The predicted octanol–water partition coefficient (Wildman–Crippen LogP) is 2.55. The molecule has 2 heterocycles. The van der Waals surface area contributed by atoms with E-state index in [1.807, 2.05) is 6.08 Å². The molecule has 0 radical (unpaired) electrons. The number of allylic oxidation sites excluding steroid dienone is 1. The minimum Gasteiger partial charge on any atom is -0.366 e. The van der Waals surface area contributed by atoms with Crippen LogP contribution in [-0.4, -0.2) is 46.9 Å². The summed E-state index contributed by atoms with van der Waals surface area (Å²) < 4.78 is 11.0. The maximum absolute atomic E-state index is 12.3. The number of unbranched alkanes of at least 4 members (excludes halogenated alkanes) is 7. The molecule has 6 heteroatoms. The Labute approximate surface area is 161 Å². The summed E-state index contributed by atoms with van der Waals surface area (Å²) in [4.78, 5) is 24.4. The van der Waals surface area contributed by atoms with E-state index in [-0.39, 0.29) is 30.3 Å². The highest BCUT2D eigenvalue weighted by molar-refractivity contribution is 6.00. The van der Waals surface area contributed by atoms with Gasteiger partial charge in [-0.25, -0.2) is 0 Å². The van der Waals surface area contributed by atoms with Crippen molar-refractivity contribution in [2.24, 2.45) is 0 Å². The molecule has 0 aromatic rings. The molecule has 150 valence electrons. The normalized spacial score (nSPS) is 34.4. The molecular formula is C21H31NO5. The molecule has 5 atom stereocenters. The number of aliphatic hydroxyl groups excluding tert-OH is 1. The van der Waals surface area contributed by atoms with Crippen molar-refractivity contribution in [2.45, 2.75) is 94.9 Å². The number of epoxide rings is 1. The zero-order chi connectivity index (χ0) is 19.3. The minimum atomic E-state index is -1.20. The lowest BCUT2D eigenvalue weighted by atomic mass is 9.84. The van der Waals surface area contributed by atoms with Crippen LogP contribution in [0.1, 0.15) is 64.7 Å². The van der Waals surface area contributed by atoms with Crippen molar-refractivity contribution in [1.82, 2.24) is 5.32 Å². The predicted molar refractivity (Wildman–Crippen MR) is 101 cm³/mol. The van der Waals surface area contributed by atoms with E-state index in [0.29, 0.717) is 0 Å². The van der Waals surface area contributed by atoms with Gasteiger partial charge >= 0.3 is 0 Å². The van der Waals surface area contributed by atoms with E-state index in [1.54, 1.807) is 6.08 Å². The number of amides is 1. The highest BCUT2D eigenvalue weighted by atomic mass is 16.7. The fourth-order valence-electron chi connectivity index (χ4n) is 3.99. The smallest absolute Gasteiger partial charge is 0.244 e. The summed E-state index contributed by atoms with van der Waals surface area (Å²) >= 11 is 0. The van der Waals surface area contributed by atoms with Gasteiger partial charge in [0, 0.05) is 6.42 Å². The number of ketones is 1. The fourth-order valence-corrected chi connectivity index (χ4v) is 3.99. The molecular weight excluding hydrogens is 346 g/mol. The van der Waals surface area contributed by atoms with E-state index in [1.165, 1.54) is 50.7 Å². The average molecular weight is 377 g/mol. The van der Waals surface area contributed by atoms with Crippen LogP contribution in [0.3, 0.4) is 0 Å². The van der Waals surface area contributed by atoms with Gasteiger partial charge in [-0.2, -0.15) is 0 Å². The summed E-state index contributed by atoms with van der Waals surface area (Å²) in [5.41, 5.74) is -1.15. The summed E-state index contributed by atoms with van der Waals surface area (Å²) in [5.74, 6) is -0.471. The largest absolute Gasteiger partial charge is 0.366 e. The summed E-state index contributed by atoms with van der Waals surface area (Å²) in [6.07, 6.45) is 14.7. The quantitative estimate of drug-likeness (QED) is 0.347. The molecule has 1 aliphatic carbocycles. The van der Waals surface area contributed by atoms with Crippen LogP contribution in [0.2, 0.25) is 0 Å². The lowest BCUT2D eigenvalue weighted by Gasteiger charge is -2.25. The number of aliphatic hydroxyl groups is 1. The van der Waals surface area contributed by atoms with Crippen LogP contribution in [0, 0.1) is 0 Å². The van der Waals surface area contributed by atoms with Crippen molar-refractivity contribution in [3.8, 4) is 0 Å². The maximum atomic E-state index is 12.3. The molecule has 3 aliphatic rings.